The number of carbonyl (C=O) groups is 1. The summed E-state index contributed by atoms with van der Waals surface area (Å²) in [6.45, 7) is 0.107. The highest BCUT2D eigenvalue weighted by Crippen LogP contribution is 2.18. The molecule has 3 aromatic rings. The third-order valence-corrected chi connectivity index (χ3v) is 3.98. The number of pyridine rings is 1. The van der Waals surface area contributed by atoms with Crippen LogP contribution in [0.25, 0.3) is 5.65 Å². The molecule has 2 aromatic heterocycles. The molecule has 0 aliphatic rings. The van der Waals surface area contributed by atoms with Gasteiger partial charge in [0.15, 0.2) is 11.3 Å². The van der Waals surface area contributed by atoms with Crippen LogP contribution in [0, 0.1) is 5.82 Å². The molecule has 0 saturated carbocycles. The lowest BCUT2D eigenvalue weighted by Crippen LogP contribution is -2.27. The molecule has 1 aromatic carbocycles. The highest BCUT2D eigenvalue weighted by atomic mass is 79.9. The van der Waals surface area contributed by atoms with Crippen molar-refractivity contribution in [2.75, 3.05) is 0 Å². The number of halogens is 2. The van der Waals surface area contributed by atoms with Gasteiger partial charge in [-0.1, -0.05) is 12.1 Å². The number of aromatic hydroxyl groups is 1. The van der Waals surface area contributed by atoms with Crippen molar-refractivity contribution in [3.8, 4) is 5.75 Å². The first-order valence-corrected chi connectivity index (χ1v) is 7.69. The minimum Gasteiger partial charge on any atom is -0.501 e. The minimum absolute atomic E-state index is 0.107. The van der Waals surface area contributed by atoms with Crippen molar-refractivity contribution in [3.63, 3.8) is 0 Å². The van der Waals surface area contributed by atoms with E-state index in [2.05, 4.69) is 26.2 Å². The number of aromatic nitrogens is 2. The summed E-state index contributed by atoms with van der Waals surface area (Å²) in [5, 5.41) is 12.5. The first kappa shape index (κ1) is 16.1. The Bertz CT molecular complexity index is 986. The van der Waals surface area contributed by atoms with Gasteiger partial charge in [-0.25, -0.2) is 9.37 Å². The van der Waals surface area contributed by atoms with Crippen LogP contribution in [-0.4, -0.2) is 20.4 Å². The van der Waals surface area contributed by atoms with Crippen LogP contribution in [0.15, 0.2) is 51.9 Å². The lowest BCUT2D eigenvalue weighted by molar-refractivity contribution is 0.0942. The lowest BCUT2D eigenvalue weighted by atomic mass is 10.2. The number of nitrogens with one attached hydrogen (secondary N) is 1. The van der Waals surface area contributed by atoms with Crippen molar-refractivity contribution in [1.82, 2.24) is 14.7 Å². The average molecular weight is 392 g/mol. The van der Waals surface area contributed by atoms with Crippen LogP contribution in [0.1, 0.15) is 16.1 Å². The zero-order valence-electron chi connectivity index (χ0n) is 12.2. The van der Waals surface area contributed by atoms with E-state index in [1.807, 2.05) is 0 Å². The van der Waals surface area contributed by atoms with E-state index in [0.29, 0.717) is 10.0 Å². The molecule has 2 N–H and O–H groups in total. The van der Waals surface area contributed by atoms with E-state index in [0.717, 1.165) is 4.40 Å². The van der Waals surface area contributed by atoms with Crippen molar-refractivity contribution >= 4 is 27.5 Å². The van der Waals surface area contributed by atoms with Gasteiger partial charge in [-0.05, 0) is 45.8 Å². The molecular weight excluding hydrogens is 381 g/mol. The van der Waals surface area contributed by atoms with Crippen molar-refractivity contribution in [1.29, 1.82) is 0 Å². The number of hydrogen-bond donors (Lipinski definition) is 2. The fourth-order valence-corrected chi connectivity index (χ4v) is 2.58. The zero-order chi connectivity index (χ0) is 17.3. The van der Waals surface area contributed by atoms with Crippen LogP contribution in [0.5, 0.6) is 5.75 Å². The maximum absolute atomic E-state index is 12.9. The van der Waals surface area contributed by atoms with E-state index in [1.165, 1.54) is 30.5 Å². The van der Waals surface area contributed by atoms with Crippen molar-refractivity contribution in [3.05, 3.63) is 74.5 Å². The Morgan fingerprint density at radius 2 is 2.00 bits per heavy atom. The van der Waals surface area contributed by atoms with Gasteiger partial charge >= 0.3 is 5.56 Å². The summed E-state index contributed by atoms with van der Waals surface area (Å²) >= 11 is 3.25. The molecule has 0 bridgehead atoms. The Hall–Kier alpha value is -2.74. The first-order chi connectivity index (χ1) is 11.5. The summed E-state index contributed by atoms with van der Waals surface area (Å²) in [5.74, 6) is -1.81. The topological polar surface area (TPSA) is 83.7 Å². The number of amides is 1. The normalized spacial score (nSPS) is 10.8. The van der Waals surface area contributed by atoms with Gasteiger partial charge in [0.25, 0.3) is 5.91 Å². The molecule has 2 heterocycles. The number of rotatable bonds is 3. The molecule has 1 amide bonds. The molecule has 6 nitrogen and oxygen atoms in total. The summed E-state index contributed by atoms with van der Waals surface area (Å²) in [6.07, 6.45) is 1.44. The summed E-state index contributed by atoms with van der Waals surface area (Å²) in [4.78, 5) is 28.4. The van der Waals surface area contributed by atoms with Crippen molar-refractivity contribution < 1.29 is 14.3 Å². The van der Waals surface area contributed by atoms with Crippen molar-refractivity contribution in [2.24, 2.45) is 0 Å². The van der Waals surface area contributed by atoms with Crippen LogP contribution < -0.4 is 10.9 Å². The molecule has 0 spiro atoms. The van der Waals surface area contributed by atoms with Gasteiger partial charge in [0.1, 0.15) is 5.82 Å². The summed E-state index contributed by atoms with van der Waals surface area (Å²) < 4.78 is 14.5. The smallest absolute Gasteiger partial charge is 0.300 e. The molecule has 0 fully saturated rings. The van der Waals surface area contributed by atoms with Crippen LogP contribution >= 0.6 is 15.9 Å². The highest BCUT2D eigenvalue weighted by Gasteiger charge is 2.19. The van der Waals surface area contributed by atoms with E-state index in [4.69, 9.17) is 0 Å². The Balaban J connectivity index is 1.92. The van der Waals surface area contributed by atoms with E-state index in [-0.39, 0.29) is 23.7 Å². The third kappa shape index (κ3) is 3.00. The third-order valence-electron chi connectivity index (χ3n) is 3.36. The number of nitrogens with zero attached hydrogens (tertiary/aromatic N) is 2. The Kier molecular flexibility index (Phi) is 4.30. The van der Waals surface area contributed by atoms with Gasteiger partial charge in [-0.2, -0.15) is 0 Å². The number of carbonyl (C=O) groups excluding carboxylic acids is 1. The van der Waals surface area contributed by atoms with Crippen LogP contribution in [-0.2, 0) is 6.54 Å². The van der Waals surface area contributed by atoms with E-state index >= 15 is 0 Å². The fourth-order valence-electron chi connectivity index (χ4n) is 2.15. The predicted octanol–water partition coefficient (Wildman–Crippen LogP) is 2.23. The minimum atomic E-state index is -0.742. The van der Waals surface area contributed by atoms with Crippen LogP contribution in [0.2, 0.25) is 0 Å². The zero-order valence-corrected chi connectivity index (χ0v) is 13.7. The monoisotopic (exact) mass is 391 g/mol. The van der Waals surface area contributed by atoms with Gasteiger partial charge in [-0.3, -0.25) is 14.0 Å². The summed E-state index contributed by atoms with van der Waals surface area (Å²) in [6, 6.07) is 8.86. The second kappa shape index (κ2) is 6.40. The number of benzene rings is 1. The maximum Gasteiger partial charge on any atom is 0.300 e. The Morgan fingerprint density at radius 1 is 1.29 bits per heavy atom. The fraction of sp³-hybridized carbons (Fsp3) is 0.0625. The Labute approximate surface area is 143 Å². The molecule has 0 aliphatic carbocycles. The molecular formula is C16H11BrFN3O3. The molecule has 0 aliphatic heterocycles. The molecule has 0 atom stereocenters. The predicted molar refractivity (Wildman–Crippen MR) is 88.4 cm³/mol. The molecule has 122 valence electrons. The summed E-state index contributed by atoms with van der Waals surface area (Å²) in [5.41, 5.74) is -0.225. The number of fused-ring (bicyclic) bond motifs is 1. The molecule has 3 rings (SSSR count). The average Bonchev–Trinajstić information content (AvgIpc) is 2.58. The molecule has 0 saturated heterocycles. The first-order valence-electron chi connectivity index (χ1n) is 6.90. The second-order valence-electron chi connectivity index (χ2n) is 4.97. The van der Waals surface area contributed by atoms with Gasteiger partial charge in [-0.15, -0.1) is 0 Å². The van der Waals surface area contributed by atoms with Crippen molar-refractivity contribution in [2.45, 2.75) is 6.54 Å². The van der Waals surface area contributed by atoms with E-state index in [9.17, 15) is 19.1 Å². The van der Waals surface area contributed by atoms with E-state index < -0.39 is 17.2 Å². The van der Waals surface area contributed by atoms with Gasteiger partial charge in [0.05, 0.1) is 4.47 Å². The van der Waals surface area contributed by atoms with Gasteiger partial charge in [0, 0.05) is 12.7 Å². The molecule has 0 unspecified atom stereocenters. The molecule has 8 heteroatoms. The standard InChI is InChI=1S/C16H11BrFN3O3/c17-11-2-1-7-21-14(11)20-12(13(22)16(21)24)15(23)19-8-9-3-5-10(18)6-4-9/h1-7,22H,8H2,(H,19,23). The highest BCUT2D eigenvalue weighted by molar-refractivity contribution is 9.10. The largest absolute Gasteiger partial charge is 0.501 e. The second-order valence-corrected chi connectivity index (χ2v) is 5.83. The van der Waals surface area contributed by atoms with Gasteiger partial charge < -0.3 is 10.4 Å². The molecule has 24 heavy (non-hydrogen) atoms. The van der Waals surface area contributed by atoms with Crippen LogP contribution in [0.3, 0.4) is 0 Å². The molecule has 0 radical (unpaired) electrons. The van der Waals surface area contributed by atoms with E-state index in [1.54, 1.807) is 12.1 Å². The number of hydrogen-bond acceptors (Lipinski definition) is 4. The summed E-state index contributed by atoms with van der Waals surface area (Å²) in [7, 11) is 0. The quantitative estimate of drug-likeness (QED) is 0.716. The van der Waals surface area contributed by atoms with Crippen LogP contribution in [0.4, 0.5) is 4.39 Å². The SMILES string of the molecule is O=C(NCc1ccc(F)cc1)c1nc2c(Br)cccn2c(=O)c1O. The lowest BCUT2D eigenvalue weighted by Gasteiger charge is -2.09. The maximum atomic E-state index is 12.9. The van der Waals surface area contributed by atoms with Gasteiger partial charge in [0.2, 0.25) is 5.75 Å². The Morgan fingerprint density at radius 3 is 2.71 bits per heavy atom.